The van der Waals surface area contributed by atoms with Crippen molar-refractivity contribution in [3.05, 3.63) is 60.2 Å². The zero-order valence-corrected chi connectivity index (χ0v) is 15.0. The van der Waals surface area contributed by atoms with Gasteiger partial charge in [0.15, 0.2) is 0 Å². The van der Waals surface area contributed by atoms with Gasteiger partial charge >= 0.3 is 0 Å². The number of nitrogens with zero attached hydrogens (tertiary/aromatic N) is 1. The topological polar surface area (TPSA) is 84.7 Å². The van der Waals surface area contributed by atoms with Gasteiger partial charge < -0.3 is 20.7 Å². The Morgan fingerprint density at radius 2 is 1.77 bits per heavy atom. The monoisotopic (exact) mass is 355 g/mol. The van der Waals surface area contributed by atoms with Gasteiger partial charge in [-0.3, -0.25) is 9.59 Å². The van der Waals surface area contributed by atoms with Gasteiger partial charge in [-0.05, 0) is 29.8 Å². The lowest BCUT2D eigenvalue weighted by Crippen LogP contribution is -2.31. The number of anilines is 1. The largest absolute Gasteiger partial charge is 0.492 e. The second kappa shape index (κ2) is 10.2. The molecule has 6 heteroatoms. The van der Waals surface area contributed by atoms with Crippen LogP contribution in [0, 0.1) is 0 Å². The zero-order chi connectivity index (χ0) is 18.8. The molecule has 0 aliphatic carbocycles. The van der Waals surface area contributed by atoms with E-state index >= 15 is 0 Å². The summed E-state index contributed by atoms with van der Waals surface area (Å²) in [6.45, 7) is 3.29. The van der Waals surface area contributed by atoms with Gasteiger partial charge in [-0.1, -0.05) is 30.3 Å². The van der Waals surface area contributed by atoms with E-state index < -0.39 is 0 Å². The minimum absolute atomic E-state index is 0.0527. The van der Waals surface area contributed by atoms with Gasteiger partial charge in [-0.2, -0.15) is 0 Å². The van der Waals surface area contributed by atoms with Crippen LogP contribution in [0.2, 0.25) is 0 Å². The number of amides is 2. The number of benzene rings is 2. The minimum Gasteiger partial charge on any atom is -0.492 e. The van der Waals surface area contributed by atoms with Crippen molar-refractivity contribution >= 4 is 17.5 Å². The number of carbonyl (C=O) groups is 2. The lowest BCUT2D eigenvalue weighted by molar-refractivity contribution is -0.129. The molecule has 0 aliphatic rings. The van der Waals surface area contributed by atoms with Crippen molar-refractivity contribution in [3.63, 3.8) is 0 Å². The van der Waals surface area contributed by atoms with Gasteiger partial charge in [0.2, 0.25) is 11.8 Å². The van der Waals surface area contributed by atoms with Crippen molar-refractivity contribution in [2.24, 2.45) is 5.73 Å². The first-order valence-corrected chi connectivity index (χ1v) is 8.60. The SMILES string of the molecule is CC(=O)N(CCC(=O)Nc1ccc(OCCN)cc1)Cc1ccccc1. The summed E-state index contributed by atoms with van der Waals surface area (Å²) in [5, 5.41) is 2.83. The smallest absolute Gasteiger partial charge is 0.226 e. The summed E-state index contributed by atoms with van der Waals surface area (Å²) < 4.78 is 5.40. The van der Waals surface area contributed by atoms with E-state index in [0.29, 0.717) is 37.7 Å². The van der Waals surface area contributed by atoms with Crippen LogP contribution in [0.1, 0.15) is 18.9 Å². The molecule has 0 unspecified atom stereocenters. The molecule has 138 valence electrons. The lowest BCUT2D eigenvalue weighted by atomic mass is 10.2. The highest BCUT2D eigenvalue weighted by atomic mass is 16.5. The van der Waals surface area contributed by atoms with Crippen LogP contribution >= 0.6 is 0 Å². The molecular formula is C20H25N3O3. The summed E-state index contributed by atoms with van der Waals surface area (Å²) in [6, 6.07) is 16.8. The van der Waals surface area contributed by atoms with E-state index in [-0.39, 0.29) is 18.2 Å². The molecule has 26 heavy (non-hydrogen) atoms. The molecule has 0 heterocycles. The van der Waals surface area contributed by atoms with E-state index in [2.05, 4.69) is 5.32 Å². The van der Waals surface area contributed by atoms with Crippen molar-refractivity contribution < 1.29 is 14.3 Å². The molecule has 0 fully saturated rings. The van der Waals surface area contributed by atoms with Crippen LogP contribution in [0.15, 0.2) is 54.6 Å². The third-order valence-corrected chi connectivity index (χ3v) is 3.80. The molecule has 2 rings (SSSR count). The first kappa shape index (κ1) is 19.5. The Balaban J connectivity index is 1.83. The standard InChI is InChI=1S/C20H25N3O3/c1-16(24)23(15-17-5-3-2-4-6-17)13-11-20(25)22-18-7-9-19(10-8-18)26-14-12-21/h2-10H,11-15,21H2,1H3,(H,22,25). The van der Waals surface area contributed by atoms with Crippen molar-refractivity contribution in [1.82, 2.24) is 4.90 Å². The van der Waals surface area contributed by atoms with E-state index in [1.54, 1.807) is 29.2 Å². The van der Waals surface area contributed by atoms with E-state index in [1.807, 2.05) is 30.3 Å². The second-order valence-corrected chi connectivity index (χ2v) is 5.89. The fraction of sp³-hybridized carbons (Fsp3) is 0.300. The predicted molar refractivity (Wildman–Crippen MR) is 102 cm³/mol. The maximum absolute atomic E-state index is 12.2. The van der Waals surface area contributed by atoms with Gasteiger partial charge in [-0.25, -0.2) is 0 Å². The Morgan fingerprint density at radius 1 is 1.08 bits per heavy atom. The highest BCUT2D eigenvalue weighted by molar-refractivity contribution is 5.91. The molecular weight excluding hydrogens is 330 g/mol. The Kier molecular flexibility index (Phi) is 7.64. The van der Waals surface area contributed by atoms with E-state index in [4.69, 9.17) is 10.5 Å². The molecule has 0 aromatic heterocycles. The molecule has 0 spiro atoms. The molecule has 2 aromatic carbocycles. The lowest BCUT2D eigenvalue weighted by Gasteiger charge is -2.21. The second-order valence-electron chi connectivity index (χ2n) is 5.89. The van der Waals surface area contributed by atoms with Crippen molar-refractivity contribution in [3.8, 4) is 5.75 Å². The summed E-state index contributed by atoms with van der Waals surface area (Å²) in [7, 11) is 0. The minimum atomic E-state index is -0.139. The van der Waals surface area contributed by atoms with Crippen molar-refractivity contribution in [2.45, 2.75) is 19.9 Å². The van der Waals surface area contributed by atoms with Gasteiger partial charge in [0.25, 0.3) is 0 Å². The third-order valence-electron chi connectivity index (χ3n) is 3.80. The third kappa shape index (κ3) is 6.57. The first-order valence-electron chi connectivity index (χ1n) is 8.60. The number of hydrogen-bond donors (Lipinski definition) is 2. The molecule has 0 aliphatic heterocycles. The van der Waals surface area contributed by atoms with Crippen molar-refractivity contribution in [1.29, 1.82) is 0 Å². The average Bonchev–Trinajstić information content (AvgIpc) is 2.65. The molecule has 0 saturated carbocycles. The Morgan fingerprint density at radius 3 is 2.38 bits per heavy atom. The first-order chi connectivity index (χ1) is 12.6. The number of nitrogens with two attached hydrogens (primary N) is 1. The zero-order valence-electron chi connectivity index (χ0n) is 15.0. The van der Waals surface area contributed by atoms with Gasteiger partial charge in [-0.15, -0.1) is 0 Å². The van der Waals surface area contributed by atoms with E-state index in [1.165, 1.54) is 6.92 Å². The van der Waals surface area contributed by atoms with E-state index in [9.17, 15) is 9.59 Å². The summed E-state index contributed by atoms with van der Waals surface area (Å²) in [4.78, 5) is 25.6. The number of rotatable bonds is 9. The number of hydrogen-bond acceptors (Lipinski definition) is 4. The van der Waals surface area contributed by atoms with Crippen LogP contribution in [-0.4, -0.2) is 36.4 Å². The number of carbonyl (C=O) groups excluding carboxylic acids is 2. The van der Waals surface area contributed by atoms with E-state index in [0.717, 1.165) is 5.56 Å². The number of ether oxygens (including phenoxy) is 1. The van der Waals surface area contributed by atoms with Crippen LogP contribution in [0.3, 0.4) is 0 Å². The van der Waals surface area contributed by atoms with Crippen molar-refractivity contribution in [2.75, 3.05) is 25.0 Å². The fourth-order valence-corrected chi connectivity index (χ4v) is 2.42. The molecule has 2 aromatic rings. The Hall–Kier alpha value is -2.86. The fourth-order valence-electron chi connectivity index (χ4n) is 2.42. The molecule has 2 amide bonds. The Labute approximate surface area is 153 Å². The maximum atomic E-state index is 12.2. The molecule has 3 N–H and O–H groups in total. The number of nitrogens with one attached hydrogen (secondary N) is 1. The van der Waals surface area contributed by atoms with Gasteiger partial charge in [0, 0.05) is 38.7 Å². The van der Waals surface area contributed by atoms with Crippen LogP contribution in [0.5, 0.6) is 5.75 Å². The van der Waals surface area contributed by atoms with Gasteiger partial charge in [0.05, 0.1) is 0 Å². The molecule has 0 bridgehead atoms. The molecule has 0 radical (unpaired) electrons. The normalized spacial score (nSPS) is 10.2. The highest BCUT2D eigenvalue weighted by Crippen LogP contribution is 2.16. The van der Waals surface area contributed by atoms with Crippen LogP contribution in [0.25, 0.3) is 0 Å². The summed E-state index contributed by atoms with van der Waals surface area (Å²) in [5.41, 5.74) is 7.12. The molecule has 0 atom stereocenters. The summed E-state index contributed by atoms with van der Waals surface area (Å²) in [5.74, 6) is 0.516. The van der Waals surface area contributed by atoms with Crippen LogP contribution in [-0.2, 0) is 16.1 Å². The quantitative estimate of drug-likeness (QED) is 0.723. The maximum Gasteiger partial charge on any atom is 0.226 e. The highest BCUT2D eigenvalue weighted by Gasteiger charge is 2.12. The average molecular weight is 355 g/mol. The van der Waals surface area contributed by atoms with Gasteiger partial charge in [0.1, 0.15) is 12.4 Å². The summed E-state index contributed by atoms with van der Waals surface area (Å²) >= 11 is 0. The van der Waals surface area contributed by atoms with Crippen LogP contribution < -0.4 is 15.8 Å². The summed E-state index contributed by atoms with van der Waals surface area (Å²) in [6.07, 6.45) is 0.234. The Bertz CT molecular complexity index is 702. The molecule has 0 saturated heterocycles. The molecule has 6 nitrogen and oxygen atoms in total. The predicted octanol–water partition coefficient (Wildman–Crippen LogP) is 2.40. The van der Waals surface area contributed by atoms with Crippen LogP contribution in [0.4, 0.5) is 5.69 Å².